The van der Waals surface area contributed by atoms with Crippen LogP contribution in [0.3, 0.4) is 0 Å². The maximum absolute atomic E-state index is 14.1. The van der Waals surface area contributed by atoms with E-state index in [0.29, 0.717) is 18.8 Å². The summed E-state index contributed by atoms with van der Waals surface area (Å²) in [5, 5.41) is 6.18. The lowest BCUT2D eigenvalue weighted by atomic mass is 9.90. The van der Waals surface area contributed by atoms with Crippen LogP contribution < -0.4 is 15.5 Å². The molecule has 0 saturated carbocycles. The molecule has 0 bridgehead atoms. The molecule has 3 rings (SSSR count). The molecule has 25 heavy (non-hydrogen) atoms. The number of piperidine rings is 1. The minimum Gasteiger partial charge on any atom is -0.372 e. The van der Waals surface area contributed by atoms with E-state index in [1.165, 1.54) is 12.1 Å². The number of benzene rings is 1. The normalized spacial score (nSPS) is 30.2. The van der Waals surface area contributed by atoms with Crippen LogP contribution in [-0.4, -0.2) is 43.3 Å². The first kappa shape index (κ1) is 18.1. The molecule has 5 nitrogen and oxygen atoms in total. The summed E-state index contributed by atoms with van der Waals surface area (Å²) in [5.41, 5.74) is 0.687. The molecule has 0 spiro atoms. The minimum absolute atomic E-state index is 0.0930. The number of carbonyl (C=O) groups excluding carboxylic acids is 1. The molecule has 0 aliphatic carbocycles. The number of nitrogens with zero attached hydrogens (tertiary/aromatic N) is 1. The maximum atomic E-state index is 14.1. The Morgan fingerprint density at radius 3 is 2.64 bits per heavy atom. The van der Waals surface area contributed by atoms with Crippen LogP contribution in [0.25, 0.3) is 0 Å². The van der Waals surface area contributed by atoms with Gasteiger partial charge < -0.3 is 20.3 Å². The third-order valence-electron chi connectivity index (χ3n) is 5.05. The smallest absolute Gasteiger partial charge is 0.244 e. The van der Waals surface area contributed by atoms with E-state index in [1.807, 2.05) is 26.8 Å². The van der Waals surface area contributed by atoms with Gasteiger partial charge in [0, 0.05) is 24.5 Å². The van der Waals surface area contributed by atoms with E-state index in [0.717, 1.165) is 31.5 Å². The minimum atomic E-state index is -0.591. The zero-order chi connectivity index (χ0) is 18.0. The van der Waals surface area contributed by atoms with Gasteiger partial charge in [0.15, 0.2) is 0 Å². The molecule has 1 aromatic carbocycles. The van der Waals surface area contributed by atoms with Crippen LogP contribution in [0, 0.1) is 5.82 Å². The summed E-state index contributed by atoms with van der Waals surface area (Å²) < 4.78 is 19.9. The van der Waals surface area contributed by atoms with Crippen molar-refractivity contribution >= 4 is 17.3 Å². The van der Waals surface area contributed by atoms with Crippen LogP contribution in [0.4, 0.5) is 15.8 Å². The molecule has 138 valence electrons. The zero-order valence-corrected chi connectivity index (χ0v) is 15.3. The van der Waals surface area contributed by atoms with Gasteiger partial charge in [-0.05, 0) is 64.8 Å². The fraction of sp³-hybridized carbons (Fsp3) is 0.632. The van der Waals surface area contributed by atoms with E-state index in [-0.39, 0.29) is 23.9 Å². The van der Waals surface area contributed by atoms with Gasteiger partial charge in [0.05, 0.1) is 17.7 Å². The Balaban J connectivity index is 1.76. The van der Waals surface area contributed by atoms with Crippen molar-refractivity contribution < 1.29 is 13.9 Å². The highest BCUT2D eigenvalue weighted by Gasteiger charge is 2.34. The average molecular weight is 349 g/mol. The Morgan fingerprint density at radius 1 is 1.28 bits per heavy atom. The topological polar surface area (TPSA) is 53.6 Å². The molecule has 2 aliphatic rings. The van der Waals surface area contributed by atoms with Crippen molar-refractivity contribution in [2.45, 2.75) is 57.8 Å². The molecule has 2 aliphatic heterocycles. The van der Waals surface area contributed by atoms with Crippen molar-refractivity contribution in [1.29, 1.82) is 0 Å². The number of amides is 1. The highest BCUT2D eigenvalue weighted by atomic mass is 19.1. The quantitative estimate of drug-likeness (QED) is 0.881. The fourth-order valence-electron chi connectivity index (χ4n) is 3.74. The number of halogens is 1. The Bertz CT molecular complexity index is 621. The van der Waals surface area contributed by atoms with Crippen LogP contribution in [0.15, 0.2) is 18.2 Å². The summed E-state index contributed by atoms with van der Waals surface area (Å²) in [6.07, 6.45) is 3.08. The van der Waals surface area contributed by atoms with Gasteiger partial charge >= 0.3 is 0 Å². The summed E-state index contributed by atoms with van der Waals surface area (Å²) in [7, 11) is 0. The fourth-order valence-corrected chi connectivity index (χ4v) is 3.74. The van der Waals surface area contributed by atoms with Gasteiger partial charge in [-0.15, -0.1) is 0 Å². The Kier molecular flexibility index (Phi) is 5.29. The Hall–Kier alpha value is -1.66. The lowest BCUT2D eigenvalue weighted by Gasteiger charge is -2.37. The second-order valence-corrected chi connectivity index (χ2v) is 7.53. The number of rotatable bonds is 3. The molecule has 1 unspecified atom stereocenters. The van der Waals surface area contributed by atoms with E-state index in [4.69, 9.17) is 4.74 Å². The van der Waals surface area contributed by atoms with Crippen LogP contribution in [0.1, 0.15) is 40.0 Å². The lowest BCUT2D eigenvalue weighted by Crippen LogP contribution is -2.54. The van der Waals surface area contributed by atoms with Gasteiger partial charge in [0.1, 0.15) is 5.82 Å². The van der Waals surface area contributed by atoms with E-state index >= 15 is 0 Å². The lowest BCUT2D eigenvalue weighted by molar-refractivity contribution is -0.122. The first-order valence-electron chi connectivity index (χ1n) is 9.13. The number of anilines is 2. The summed E-state index contributed by atoms with van der Waals surface area (Å²) >= 11 is 0. The summed E-state index contributed by atoms with van der Waals surface area (Å²) in [6, 6.07) is 4.74. The number of hydrogen-bond acceptors (Lipinski definition) is 4. The molecule has 0 aromatic heterocycles. The predicted octanol–water partition coefficient (Wildman–Crippen LogP) is 2.91. The number of nitrogens with one attached hydrogen (secondary N) is 2. The first-order valence-corrected chi connectivity index (χ1v) is 9.13. The highest BCUT2D eigenvalue weighted by Crippen LogP contribution is 2.27. The first-order chi connectivity index (χ1) is 11.9. The second kappa shape index (κ2) is 7.30. The largest absolute Gasteiger partial charge is 0.372 e. The second-order valence-electron chi connectivity index (χ2n) is 7.53. The number of ether oxygens (including phenoxy) is 1. The van der Waals surface area contributed by atoms with E-state index in [9.17, 15) is 9.18 Å². The van der Waals surface area contributed by atoms with Crippen molar-refractivity contribution in [3.8, 4) is 0 Å². The Labute approximate surface area is 148 Å². The van der Waals surface area contributed by atoms with Gasteiger partial charge in [-0.2, -0.15) is 0 Å². The molecular weight excluding hydrogens is 321 g/mol. The van der Waals surface area contributed by atoms with Gasteiger partial charge in [-0.1, -0.05) is 0 Å². The third-order valence-corrected chi connectivity index (χ3v) is 5.05. The third kappa shape index (κ3) is 4.30. The molecule has 2 fully saturated rings. The van der Waals surface area contributed by atoms with E-state index in [2.05, 4.69) is 15.5 Å². The van der Waals surface area contributed by atoms with Crippen LogP contribution in [-0.2, 0) is 9.53 Å². The molecular formula is C19H28FN3O2. The van der Waals surface area contributed by atoms with Gasteiger partial charge in [0.2, 0.25) is 5.91 Å². The molecule has 1 aromatic rings. The predicted molar refractivity (Wildman–Crippen MR) is 97.5 cm³/mol. The van der Waals surface area contributed by atoms with Gasteiger partial charge in [-0.3, -0.25) is 4.79 Å². The standard InChI is InChI=1S/C19H28FN3O2/c1-13-11-23(12-14(2)25-13)17-9-15(20)8-16(10-17)22-18(24)19(3)6-4-5-7-21-19/h8-10,13-14,21H,4-7,11-12H2,1-3H3,(H,22,24)/t13-,14+,19?. The maximum Gasteiger partial charge on any atom is 0.244 e. The number of hydrogen-bond donors (Lipinski definition) is 2. The summed E-state index contributed by atoms with van der Waals surface area (Å²) in [4.78, 5) is 14.8. The molecule has 1 amide bonds. The number of morpholine rings is 1. The van der Waals surface area contributed by atoms with Crippen LogP contribution in [0.2, 0.25) is 0 Å². The number of carbonyl (C=O) groups is 1. The van der Waals surface area contributed by atoms with Crippen molar-refractivity contribution in [3.05, 3.63) is 24.0 Å². The summed E-state index contributed by atoms with van der Waals surface area (Å²) in [5.74, 6) is -0.450. The van der Waals surface area contributed by atoms with Gasteiger partial charge in [-0.25, -0.2) is 4.39 Å². The molecule has 3 atom stereocenters. The highest BCUT2D eigenvalue weighted by molar-refractivity contribution is 5.98. The van der Waals surface area contributed by atoms with Crippen molar-refractivity contribution in [2.24, 2.45) is 0 Å². The monoisotopic (exact) mass is 349 g/mol. The average Bonchev–Trinajstić information content (AvgIpc) is 2.54. The van der Waals surface area contributed by atoms with Crippen molar-refractivity contribution in [1.82, 2.24) is 5.32 Å². The molecule has 2 N–H and O–H groups in total. The molecule has 2 heterocycles. The summed E-state index contributed by atoms with van der Waals surface area (Å²) in [6.45, 7) is 8.19. The Morgan fingerprint density at radius 2 is 2.00 bits per heavy atom. The van der Waals surface area contributed by atoms with Crippen molar-refractivity contribution in [3.63, 3.8) is 0 Å². The van der Waals surface area contributed by atoms with E-state index < -0.39 is 5.54 Å². The van der Waals surface area contributed by atoms with Crippen molar-refractivity contribution in [2.75, 3.05) is 29.9 Å². The van der Waals surface area contributed by atoms with Crippen LogP contribution in [0.5, 0.6) is 0 Å². The SMILES string of the molecule is C[C@@H]1CN(c2cc(F)cc(NC(=O)C3(C)CCCCN3)c2)C[C@H](C)O1. The van der Waals surface area contributed by atoms with Crippen LogP contribution >= 0.6 is 0 Å². The zero-order valence-electron chi connectivity index (χ0n) is 15.3. The van der Waals surface area contributed by atoms with Gasteiger partial charge in [0.25, 0.3) is 0 Å². The molecule has 6 heteroatoms. The van der Waals surface area contributed by atoms with E-state index in [1.54, 1.807) is 0 Å². The molecule has 2 saturated heterocycles. The molecule has 0 radical (unpaired) electrons.